The highest BCUT2D eigenvalue weighted by atomic mass is 35.5. The van der Waals surface area contributed by atoms with Gasteiger partial charge in [0.05, 0.1) is 11.4 Å². The second-order valence-electron chi connectivity index (χ2n) is 7.63. The number of amides is 2. The van der Waals surface area contributed by atoms with Crippen LogP contribution in [0.4, 0.5) is 20.6 Å². The summed E-state index contributed by atoms with van der Waals surface area (Å²) in [6.07, 6.45) is 4.96. The van der Waals surface area contributed by atoms with Gasteiger partial charge in [-0.05, 0) is 42.3 Å². The first-order valence-corrected chi connectivity index (χ1v) is 11.2. The van der Waals surface area contributed by atoms with Crippen LogP contribution in [0.1, 0.15) is 12.0 Å². The summed E-state index contributed by atoms with van der Waals surface area (Å²) in [6, 6.07) is 11.9. The van der Waals surface area contributed by atoms with Crippen LogP contribution < -0.4 is 15.5 Å². The number of piperazine rings is 1. The van der Waals surface area contributed by atoms with Crippen LogP contribution in [0.2, 0.25) is 5.02 Å². The molecule has 2 N–H and O–H groups in total. The smallest absolute Gasteiger partial charge is 0.319 e. The number of methoxy groups -OCH3 is 1. The van der Waals surface area contributed by atoms with Gasteiger partial charge in [0, 0.05) is 58.0 Å². The molecule has 0 unspecified atom stereocenters. The molecule has 0 aliphatic carbocycles. The maximum atomic E-state index is 14.0. The summed E-state index contributed by atoms with van der Waals surface area (Å²) in [5.74, 6) is -0.320. The Morgan fingerprint density at radius 3 is 2.62 bits per heavy atom. The van der Waals surface area contributed by atoms with E-state index in [1.807, 2.05) is 24.3 Å². The minimum Gasteiger partial charge on any atom is -0.385 e. The Hall–Kier alpha value is -2.61. The van der Waals surface area contributed by atoms with Crippen molar-refractivity contribution in [2.24, 2.45) is 0 Å². The van der Waals surface area contributed by atoms with Crippen molar-refractivity contribution in [1.82, 2.24) is 10.2 Å². The van der Waals surface area contributed by atoms with Gasteiger partial charge < -0.3 is 20.3 Å². The lowest BCUT2D eigenvalue weighted by atomic mass is 10.2. The minimum atomic E-state index is -0.320. The zero-order valence-corrected chi connectivity index (χ0v) is 19.1. The Bertz CT molecular complexity index is 899. The number of hydrogen-bond donors (Lipinski definition) is 2. The summed E-state index contributed by atoms with van der Waals surface area (Å²) in [6.45, 7) is 5.15. The molecular formula is C24H30ClFN4O2. The zero-order valence-electron chi connectivity index (χ0n) is 18.3. The standard InChI is InChI=1S/C24H30ClFN4O2/c1-32-17-3-11-27-24(31)28-22-10-9-21(26)18-23(22)30-15-13-29(14-16-30)12-2-4-19-5-7-20(25)8-6-19/h2,4-10,18H,3,11-17H2,1H3,(H2,27,28,31)/b4-2+. The van der Waals surface area contributed by atoms with E-state index in [1.54, 1.807) is 13.2 Å². The molecule has 0 saturated carbocycles. The third-order valence-corrected chi connectivity index (χ3v) is 5.53. The van der Waals surface area contributed by atoms with Gasteiger partial charge in [0.1, 0.15) is 5.82 Å². The van der Waals surface area contributed by atoms with E-state index in [4.69, 9.17) is 16.3 Å². The van der Waals surface area contributed by atoms with E-state index >= 15 is 0 Å². The molecule has 1 saturated heterocycles. The number of ether oxygens (including phenoxy) is 1. The third kappa shape index (κ3) is 7.51. The average Bonchev–Trinajstić information content (AvgIpc) is 2.80. The van der Waals surface area contributed by atoms with Crippen LogP contribution in [0.25, 0.3) is 6.08 Å². The monoisotopic (exact) mass is 460 g/mol. The van der Waals surface area contributed by atoms with E-state index in [1.165, 1.54) is 12.1 Å². The summed E-state index contributed by atoms with van der Waals surface area (Å²) in [5.41, 5.74) is 2.42. The fourth-order valence-electron chi connectivity index (χ4n) is 3.54. The van der Waals surface area contributed by atoms with E-state index in [9.17, 15) is 9.18 Å². The molecule has 3 rings (SSSR count). The molecule has 1 aliphatic heterocycles. The van der Waals surface area contributed by atoms with Crippen LogP contribution in [0, 0.1) is 5.82 Å². The summed E-state index contributed by atoms with van der Waals surface area (Å²) >= 11 is 5.92. The second kappa shape index (κ2) is 12.4. The highest BCUT2D eigenvalue weighted by molar-refractivity contribution is 6.30. The van der Waals surface area contributed by atoms with Gasteiger partial charge in [-0.25, -0.2) is 9.18 Å². The Morgan fingerprint density at radius 2 is 1.91 bits per heavy atom. The first-order valence-electron chi connectivity index (χ1n) is 10.8. The molecule has 2 aromatic rings. The average molecular weight is 461 g/mol. The molecule has 0 spiro atoms. The molecule has 0 radical (unpaired) electrons. The van der Waals surface area contributed by atoms with Gasteiger partial charge in [-0.3, -0.25) is 4.90 Å². The number of rotatable bonds is 9. The molecule has 2 aromatic carbocycles. The lowest BCUT2D eigenvalue weighted by Gasteiger charge is -2.36. The van der Waals surface area contributed by atoms with E-state index in [0.717, 1.165) is 49.7 Å². The topological polar surface area (TPSA) is 56.8 Å². The van der Waals surface area contributed by atoms with Crippen molar-refractivity contribution < 1.29 is 13.9 Å². The van der Waals surface area contributed by atoms with Gasteiger partial charge in [0.25, 0.3) is 0 Å². The van der Waals surface area contributed by atoms with Crippen molar-refractivity contribution in [3.8, 4) is 0 Å². The number of carbonyl (C=O) groups excluding carboxylic acids is 1. The molecule has 6 nitrogen and oxygen atoms in total. The van der Waals surface area contributed by atoms with Crippen molar-refractivity contribution in [3.05, 3.63) is 64.9 Å². The maximum Gasteiger partial charge on any atom is 0.319 e. The number of carbonyl (C=O) groups is 1. The molecular weight excluding hydrogens is 431 g/mol. The number of benzene rings is 2. The molecule has 32 heavy (non-hydrogen) atoms. The highest BCUT2D eigenvalue weighted by Crippen LogP contribution is 2.28. The number of nitrogens with one attached hydrogen (secondary N) is 2. The van der Waals surface area contributed by atoms with Gasteiger partial charge >= 0.3 is 6.03 Å². The lowest BCUT2D eigenvalue weighted by molar-refractivity contribution is 0.194. The van der Waals surface area contributed by atoms with E-state index in [2.05, 4.69) is 32.6 Å². The van der Waals surface area contributed by atoms with Crippen LogP contribution in [-0.2, 0) is 4.74 Å². The second-order valence-corrected chi connectivity index (χ2v) is 8.07. The van der Waals surface area contributed by atoms with E-state index in [0.29, 0.717) is 24.5 Å². The molecule has 1 aliphatic rings. The normalized spacial score (nSPS) is 14.7. The van der Waals surface area contributed by atoms with Gasteiger partial charge in [-0.1, -0.05) is 35.9 Å². The first kappa shape index (κ1) is 24.0. The fraction of sp³-hybridized carbons (Fsp3) is 0.375. The number of anilines is 2. The van der Waals surface area contributed by atoms with Crippen LogP contribution in [0.3, 0.4) is 0 Å². The van der Waals surface area contributed by atoms with Crippen molar-refractivity contribution in [1.29, 1.82) is 0 Å². The Balaban J connectivity index is 1.52. The molecule has 0 bridgehead atoms. The fourth-order valence-corrected chi connectivity index (χ4v) is 3.67. The van der Waals surface area contributed by atoms with Crippen molar-refractivity contribution in [2.45, 2.75) is 6.42 Å². The molecule has 0 aromatic heterocycles. The molecule has 2 amide bonds. The number of halogens is 2. The Morgan fingerprint density at radius 1 is 1.16 bits per heavy atom. The number of hydrogen-bond acceptors (Lipinski definition) is 4. The Kier molecular flexibility index (Phi) is 9.34. The Labute approximate surface area is 194 Å². The number of urea groups is 1. The largest absolute Gasteiger partial charge is 0.385 e. The van der Waals surface area contributed by atoms with E-state index < -0.39 is 0 Å². The van der Waals surface area contributed by atoms with Crippen molar-refractivity contribution in [3.63, 3.8) is 0 Å². The van der Waals surface area contributed by atoms with Crippen molar-refractivity contribution >= 4 is 35.1 Å². The quantitative estimate of drug-likeness (QED) is 0.542. The van der Waals surface area contributed by atoms with Gasteiger partial charge in [-0.2, -0.15) is 0 Å². The van der Waals surface area contributed by atoms with Crippen LogP contribution in [-0.4, -0.2) is 63.9 Å². The molecule has 1 fully saturated rings. The maximum absolute atomic E-state index is 14.0. The molecule has 8 heteroatoms. The van der Waals surface area contributed by atoms with Crippen LogP contribution in [0.5, 0.6) is 0 Å². The van der Waals surface area contributed by atoms with Crippen molar-refractivity contribution in [2.75, 3.05) is 63.2 Å². The third-order valence-electron chi connectivity index (χ3n) is 5.28. The summed E-state index contributed by atoms with van der Waals surface area (Å²) in [4.78, 5) is 16.7. The van der Waals surface area contributed by atoms with E-state index in [-0.39, 0.29) is 11.8 Å². The summed E-state index contributed by atoms with van der Waals surface area (Å²) in [7, 11) is 1.63. The molecule has 1 heterocycles. The summed E-state index contributed by atoms with van der Waals surface area (Å²) < 4.78 is 18.9. The van der Waals surface area contributed by atoms with Gasteiger partial charge in [0.2, 0.25) is 0 Å². The van der Waals surface area contributed by atoms with Gasteiger partial charge in [0.15, 0.2) is 0 Å². The predicted molar refractivity (Wildman–Crippen MR) is 129 cm³/mol. The zero-order chi connectivity index (χ0) is 22.8. The van der Waals surface area contributed by atoms with Gasteiger partial charge in [-0.15, -0.1) is 0 Å². The predicted octanol–water partition coefficient (Wildman–Crippen LogP) is 4.47. The first-order chi connectivity index (χ1) is 15.5. The SMILES string of the molecule is COCCCNC(=O)Nc1ccc(F)cc1N1CCN(C/C=C/c2ccc(Cl)cc2)CC1. The highest BCUT2D eigenvalue weighted by Gasteiger charge is 2.20. The number of nitrogens with zero attached hydrogens (tertiary/aromatic N) is 2. The minimum absolute atomic E-state index is 0.306. The van der Waals surface area contributed by atoms with Crippen LogP contribution >= 0.6 is 11.6 Å². The molecule has 0 atom stereocenters. The lowest BCUT2D eigenvalue weighted by Crippen LogP contribution is -2.46. The summed E-state index contributed by atoms with van der Waals surface area (Å²) in [5, 5.41) is 6.37. The molecule has 172 valence electrons. The van der Waals surface area contributed by atoms with Crippen LogP contribution in [0.15, 0.2) is 48.5 Å².